The van der Waals surface area contributed by atoms with Gasteiger partial charge in [-0.2, -0.15) is 0 Å². The van der Waals surface area contributed by atoms with Crippen molar-refractivity contribution in [1.29, 1.82) is 0 Å². The Kier molecular flexibility index (Phi) is 4.12. The van der Waals surface area contributed by atoms with Gasteiger partial charge < -0.3 is 10.4 Å². The molecular weight excluding hydrogens is 254 g/mol. The molecule has 2 N–H and O–H groups in total. The topological polar surface area (TPSA) is 66.4 Å². The monoisotopic (exact) mass is 281 g/mol. The molecule has 2 rings (SSSR count). The summed E-state index contributed by atoms with van der Waals surface area (Å²) in [5.74, 6) is -0.876. The van der Waals surface area contributed by atoms with E-state index in [1.165, 1.54) is 12.8 Å². The van der Waals surface area contributed by atoms with Gasteiger partial charge in [-0.05, 0) is 42.9 Å². The number of carboxylic acid groups (broad SMARTS) is 1. The molecule has 1 amide bonds. The second kappa shape index (κ2) is 5.38. The molecule has 4 nitrogen and oxygen atoms in total. The number of hydrogen-bond acceptors (Lipinski definition) is 2. The number of nitrogens with one attached hydrogen (secondary N) is 1. The van der Waals surface area contributed by atoms with Gasteiger partial charge in [-0.15, -0.1) is 0 Å². The number of hydrogen-bond donors (Lipinski definition) is 2. The van der Waals surface area contributed by atoms with Crippen LogP contribution >= 0.6 is 0 Å². The molecule has 2 fully saturated rings. The van der Waals surface area contributed by atoms with Gasteiger partial charge in [0, 0.05) is 5.92 Å². The highest BCUT2D eigenvalue weighted by Crippen LogP contribution is 2.62. The Labute approximate surface area is 121 Å². The van der Waals surface area contributed by atoms with E-state index >= 15 is 0 Å². The van der Waals surface area contributed by atoms with Crippen molar-refractivity contribution in [3.8, 4) is 0 Å². The fraction of sp³-hybridized carbons (Fsp3) is 0.875. The second-order valence-corrected chi connectivity index (χ2v) is 7.82. The van der Waals surface area contributed by atoms with Crippen LogP contribution in [-0.2, 0) is 9.59 Å². The van der Waals surface area contributed by atoms with Crippen molar-refractivity contribution in [3.05, 3.63) is 0 Å². The van der Waals surface area contributed by atoms with Crippen molar-refractivity contribution >= 4 is 11.9 Å². The highest BCUT2D eigenvalue weighted by atomic mass is 16.4. The minimum absolute atomic E-state index is 0.0341. The lowest BCUT2D eigenvalue weighted by molar-refractivity contribution is -0.142. The Balaban J connectivity index is 1.85. The van der Waals surface area contributed by atoms with E-state index < -0.39 is 12.0 Å². The maximum absolute atomic E-state index is 12.2. The molecule has 4 heteroatoms. The quantitative estimate of drug-likeness (QED) is 0.814. The summed E-state index contributed by atoms with van der Waals surface area (Å²) in [5.41, 5.74) is 0.321. The smallest absolute Gasteiger partial charge is 0.326 e. The first-order chi connectivity index (χ1) is 9.23. The molecule has 1 spiro atoms. The molecule has 0 heterocycles. The van der Waals surface area contributed by atoms with Crippen LogP contribution in [0, 0.1) is 16.7 Å². The van der Waals surface area contributed by atoms with Gasteiger partial charge in [-0.1, -0.05) is 33.6 Å². The van der Waals surface area contributed by atoms with Crippen LogP contribution in [0.15, 0.2) is 0 Å². The summed E-state index contributed by atoms with van der Waals surface area (Å²) in [6.45, 7) is 6.26. The number of carbonyl (C=O) groups is 2. The zero-order chi connectivity index (χ0) is 15.0. The zero-order valence-electron chi connectivity index (χ0n) is 12.9. The molecule has 0 saturated heterocycles. The number of amides is 1. The van der Waals surface area contributed by atoms with E-state index in [9.17, 15) is 14.7 Å². The minimum atomic E-state index is -0.913. The van der Waals surface area contributed by atoms with Crippen molar-refractivity contribution in [1.82, 2.24) is 5.32 Å². The number of aliphatic carboxylic acids is 1. The summed E-state index contributed by atoms with van der Waals surface area (Å²) in [6, 6.07) is -0.735. The molecule has 0 aromatic carbocycles. The lowest BCUT2D eigenvalue weighted by atomic mass is 9.88. The first-order valence-corrected chi connectivity index (χ1v) is 7.77. The largest absolute Gasteiger partial charge is 0.480 e. The number of carbonyl (C=O) groups excluding carboxylic acids is 1. The maximum atomic E-state index is 12.2. The average Bonchev–Trinajstić information content (AvgIpc) is 2.81. The lowest BCUT2D eigenvalue weighted by Gasteiger charge is -2.22. The zero-order valence-corrected chi connectivity index (χ0v) is 12.9. The van der Waals surface area contributed by atoms with Crippen LogP contribution in [0.3, 0.4) is 0 Å². The molecule has 2 aliphatic carbocycles. The summed E-state index contributed by atoms with van der Waals surface area (Å²) >= 11 is 0. The van der Waals surface area contributed by atoms with Gasteiger partial charge in [0.25, 0.3) is 0 Å². The van der Waals surface area contributed by atoms with E-state index in [2.05, 4.69) is 26.1 Å². The van der Waals surface area contributed by atoms with E-state index in [1.54, 1.807) is 0 Å². The van der Waals surface area contributed by atoms with Crippen molar-refractivity contribution < 1.29 is 14.7 Å². The van der Waals surface area contributed by atoms with Gasteiger partial charge in [-0.25, -0.2) is 4.79 Å². The van der Waals surface area contributed by atoms with Crippen LogP contribution in [0.1, 0.15) is 65.7 Å². The van der Waals surface area contributed by atoms with Crippen LogP contribution in [0.4, 0.5) is 0 Å². The third-order valence-electron chi connectivity index (χ3n) is 4.90. The molecule has 2 unspecified atom stereocenters. The number of rotatable bonds is 5. The van der Waals surface area contributed by atoms with Crippen molar-refractivity contribution in [2.75, 3.05) is 0 Å². The van der Waals surface area contributed by atoms with E-state index in [0.717, 1.165) is 25.7 Å². The SMILES string of the molecule is CC(C)(C)CCC(NC(=O)C1CC12CCCC2)C(=O)O. The minimum Gasteiger partial charge on any atom is -0.480 e. The molecule has 2 aliphatic rings. The van der Waals surface area contributed by atoms with Gasteiger partial charge in [0.15, 0.2) is 0 Å². The Bertz CT molecular complexity index is 391. The molecule has 0 radical (unpaired) electrons. The van der Waals surface area contributed by atoms with Gasteiger partial charge in [0.05, 0.1) is 0 Å². The van der Waals surface area contributed by atoms with Crippen LogP contribution < -0.4 is 5.32 Å². The number of carboxylic acids is 1. The molecule has 0 aromatic rings. The van der Waals surface area contributed by atoms with Gasteiger partial charge >= 0.3 is 5.97 Å². The summed E-state index contributed by atoms with van der Waals surface area (Å²) in [6.07, 6.45) is 6.98. The molecule has 2 saturated carbocycles. The maximum Gasteiger partial charge on any atom is 0.326 e. The van der Waals surface area contributed by atoms with Crippen molar-refractivity contribution in [2.45, 2.75) is 71.8 Å². The van der Waals surface area contributed by atoms with Crippen molar-refractivity contribution in [2.24, 2.45) is 16.7 Å². The van der Waals surface area contributed by atoms with Crippen LogP contribution in [0.25, 0.3) is 0 Å². The molecule has 20 heavy (non-hydrogen) atoms. The summed E-state index contributed by atoms with van der Waals surface area (Å²) in [4.78, 5) is 23.5. The van der Waals surface area contributed by atoms with Gasteiger partial charge in [-0.3, -0.25) is 4.79 Å². The third-order valence-corrected chi connectivity index (χ3v) is 4.90. The van der Waals surface area contributed by atoms with Crippen molar-refractivity contribution in [3.63, 3.8) is 0 Å². The predicted octanol–water partition coefficient (Wildman–Crippen LogP) is 2.96. The van der Waals surface area contributed by atoms with Gasteiger partial charge in [0.1, 0.15) is 6.04 Å². The first kappa shape index (κ1) is 15.3. The van der Waals surface area contributed by atoms with Gasteiger partial charge in [0.2, 0.25) is 5.91 Å². The van der Waals surface area contributed by atoms with Crippen LogP contribution in [0.5, 0.6) is 0 Å². The third kappa shape index (κ3) is 3.53. The molecule has 0 aromatic heterocycles. The van der Waals surface area contributed by atoms with Crippen LogP contribution in [-0.4, -0.2) is 23.0 Å². The molecule has 0 bridgehead atoms. The summed E-state index contributed by atoms with van der Waals surface area (Å²) < 4.78 is 0. The van der Waals surface area contributed by atoms with E-state index in [4.69, 9.17) is 0 Å². The normalized spacial score (nSPS) is 25.4. The molecule has 0 aliphatic heterocycles. The highest BCUT2D eigenvalue weighted by molar-refractivity contribution is 5.87. The fourth-order valence-electron chi connectivity index (χ4n) is 3.46. The average molecular weight is 281 g/mol. The summed E-state index contributed by atoms with van der Waals surface area (Å²) in [5, 5.41) is 12.0. The van der Waals surface area contributed by atoms with E-state index in [1.807, 2.05) is 0 Å². The fourth-order valence-corrected chi connectivity index (χ4v) is 3.46. The van der Waals surface area contributed by atoms with E-state index in [0.29, 0.717) is 6.42 Å². The Morgan fingerprint density at radius 3 is 2.40 bits per heavy atom. The van der Waals surface area contributed by atoms with E-state index in [-0.39, 0.29) is 22.7 Å². The Morgan fingerprint density at radius 1 is 1.30 bits per heavy atom. The highest BCUT2D eigenvalue weighted by Gasteiger charge is 2.58. The standard InChI is InChI=1S/C16H27NO3/c1-15(2,3)9-6-12(14(19)20)17-13(18)11-10-16(11)7-4-5-8-16/h11-12H,4-10H2,1-3H3,(H,17,18)(H,19,20). The summed E-state index contributed by atoms with van der Waals surface area (Å²) in [7, 11) is 0. The first-order valence-electron chi connectivity index (χ1n) is 7.77. The Morgan fingerprint density at radius 2 is 1.90 bits per heavy atom. The lowest BCUT2D eigenvalue weighted by Crippen LogP contribution is -2.42. The molecular formula is C16H27NO3. The molecule has 2 atom stereocenters. The second-order valence-electron chi connectivity index (χ2n) is 7.82. The van der Waals surface area contributed by atoms with Crippen LogP contribution in [0.2, 0.25) is 0 Å². The Hall–Kier alpha value is -1.06. The molecule has 114 valence electrons. The predicted molar refractivity (Wildman–Crippen MR) is 77.3 cm³/mol.